The zero-order valence-corrected chi connectivity index (χ0v) is 46.7. The number of nitrogens with zero attached hydrogens (tertiary/aromatic N) is 4. The van der Waals surface area contributed by atoms with Crippen LogP contribution >= 0.6 is 7.60 Å². The number of fused-ring (bicyclic) bond motifs is 3. The Morgan fingerprint density at radius 1 is 0.904 bits per heavy atom. The molecule has 0 aliphatic carbocycles. The lowest BCUT2D eigenvalue weighted by atomic mass is 9.80. The Hall–Kier alpha value is -7.84. The van der Waals surface area contributed by atoms with Crippen LogP contribution in [-0.2, 0) is 55.9 Å². The number of likely N-dealkylation sites (tertiary alicyclic amines) is 1. The van der Waals surface area contributed by atoms with Crippen molar-refractivity contribution in [3.63, 3.8) is 0 Å². The van der Waals surface area contributed by atoms with Gasteiger partial charge in [-0.3, -0.25) is 53.0 Å². The summed E-state index contributed by atoms with van der Waals surface area (Å²) in [6.45, 7) is 1.34. The maximum absolute atomic E-state index is 15.1. The highest BCUT2D eigenvalue weighted by molar-refractivity contribution is 7.52. The molecule has 0 radical (unpaired) electrons. The molecule has 5 atom stereocenters. The number of benzene rings is 3. The number of hydrogen-bond acceptors (Lipinski definition) is 11. The molecule has 0 saturated carbocycles. The number of halogens is 2. The van der Waals surface area contributed by atoms with Gasteiger partial charge in [-0.15, -0.1) is 0 Å². The van der Waals surface area contributed by atoms with Gasteiger partial charge in [0.1, 0.15) is 29.9 Å². The highest BCUT2D eigenvalue weighted by Crippen LogP contribution is 2.59. The van der Waals surface area contributed by atoms with Crippen LogP contribution in [0.2, 0.25) is 0 Å². The first-order valence-corrected chi connectivity index (χ1v) is 29.5. The highest BCUT2D eigenvalue weighted by atomic mass is 31.2. The first-order valence-electron chi connectivity index (χ1n) is 27.9. The molecule has 0 spiro atoms. The summed E-state index contributed by atoms with van der Waals surface area (Å²) < 4.78 is 41.2. The van der Waals surface area contributed by atoms with Gasteiger partial charge in [-0.1, -0.05) is 60.7 Å². The number of amides is 9. The van der Waals surface area contributed by atoms with Gasteiger partial charge < -0.3 is 56.1 Å². The lowest BCUT2D eigenvalue weighted by molar-refractivity contribution is -0.145. The Kier molecular flexibility index (Phi) is 18.0. The smallest absolute Gasteiger partial charge is 0.370 e. The molecule has 9 N–H and O–H groups in total. The Bertz CT molecular complexity index is 3330. The fraction of sp³-hybridized carbons (Fsp3) is 0.466. The number of rotatable bonds is 18. The number of carbonyl (C=O) groups is 9. The first-order chi connectivity index (χ1) is 39.5. The van der Waals surface area contributed by atoms with Crippen LogP contribution in [0.5, 0.6) is 0 Å². The van der Waals surface area contributed by atoms with E-state index in [2.05, 4.69) is 43.0 Å². The lowest BCUT2D eigenvalue weighted by Crippen LogP contribution is -2.62. The highest BCUT2D eigenvalue weighted by Gasteiger charge is 2.51. The number of alkyl halides is 2. The second-order valence-electron chi connectivity index (χ2n) is 22.1. The number of primary amides is 1. The van der Waals surface area contributed by atoms with E-state index in [9.17, 15) is 61.5 Å². The zero-order chi connectivity index (χ0) is 59.4. The molecule has 5 aliphatic rings. The van der Waals surface area contributed by atoms with Crippen molar-refractivity contribution in [3.8, 4) is 11.8 Å². The second-order valence-corrected chi connectivity index (χ2v) is 23.8. The van der Waals surface area contributed by atoms with E-state index < -0.39 is 90.0 Å². The summed E-state index contributed by atoms with van der Waals surface area (Å²) in [5.74, 6) is 1.31. The molecular formula is C58H67F2N10O12P. The summed E-state index contributed by atoms with van der Waals surface area (Å²) in [5, 5.41) is 11.0. The maximum Gasteiger partial charge on any atom is 0.399 e. The van der Waals surface area contributed by atoms with E-state index >= 15 is 4.79 Å². The van der Waals surface area contributed by atoms with Crippen molar-refractivity contribution in [3.05, 3.63) is 106 Å². The number of nitrogens with one attached hydrogen (secondary N) is 5. The molecular weight excluding hydrogens is 1100 g/mol. The van der Waals surface area contributed by atoms with Crippen molar-refractivity contribution >= 4 is 71.7 Å². The number of nitrogens with two attached hydrogens (primary N) is 1. The Morgan fingerprint density at radius 3 is 2.39 bits per heavy atom. The molecule has 1 unspecified atom stereocenters. The Balaban J connectivity index is 0.887. The summed E-state index contributed by atoms with van der Waals surface area (Å²) >= 11 is 0. The lowest BCUT2D eigenvalue weighted by Gasteiger charge is -2.42. The van der Waals surface area contributed by atoms with Gasteiger partial charge in [0, 0.05) is 92.0 Å². The van der Waals surface area contributed by atoms with E-state index in [1.807, 2.05) is 37.4 Å². The largest absolute Gasteiger partial charge is 0.399 e. The number of H-pyrrole nitrogens is 1. The zero-order valence-electron chi connectivity index (χ0n) is 45.8. The van der Waals surface area contributed by atoms with Crippen molar-refractivity contribution in [2.75, 3.05) is 33.2 Å². The molecule has 9 rings (SSSR count). The quantitative estimate of drug-likeness (QED) is 0.0307. The molecule has 440 valence electrons. The summed E-state index contributed by atoms with van der Waals surface area (Å²) in [6.07, 6.45) is 4.07. The second kappa shape index (κ2) is 24.9. The third-order valence-corrected chi connectivity index (χ3v) is 17.6. The average Bonchev–Trinajstić information content (AvgIpc) is 3.31. The molecule has 4 aromatic rings. The van der Waals surface area contributed by atoms with Crippen LogP contribution in [0.3, 0.4) is 0 Å². The predicted molar refractivity (Wildman–Crippen MR) is 296 cm³/mol. The van der Waals surface area contributed by atoms with Crippen molar-refractivity contribution in [2.45, 2.75) is 138 Å². The first kappa shape index (κ1) is 59.8. The summed E-state index contributed by atoms with van der Waals surface area (Å²) in [4.78, 5) is 150. The molecule has 25 heteroatoms. The van der Waals surface area contributed by atoms with Crippen molar-refractivity contribution < 1.29 is 66.3 Å². The Labute approximate surface area is 477 Å². The molecule has 9 amide bonds. The van der Waals surface area contributed by atoms with Gasteiger partial charge in [-0.2, -0.15) is 8.78 Å². The van der Waals surface area contributed by atoms with E-state index in [-0.39, 0.29) is 98.9 Å². The predicted octanol–water partition coefficient (Wildman–Crippen LogP) is 3.34. The third-order valence-electron chi connectivity index (χ3n) is 16.6. The van der Waals surface area contributed by atoms with Gasteiger partial charge in [-0.25, -0.2) is 0 Å². The molecule has 5 aliphatic heterocycles. The van der Waals surface area contributed by atoms with E-state index in [0.29, 0.717) is 74.7 Å². The van der Waals surface area contributed by atoms with Crippen LogP contribution in [0, 0.1) is 11.8 Å². The number of imide groups is 1. The number of aromatic amines is 1. The molecule has 6 heterocycles. The molecule has 4 saturated heterocycles. The van der Waals surface area contributed by atoms with Crippen molar-refractivity contribution in [1.82, 2.24) is 45.9 Å². The minimum absolute atomic E-state index is 0.00256. The van der Waals surface area contributed by atoms with Gasteiger partial charge >= 0.3 is 13.3 Å². The van der Waals surface area contributed by atoms with Crippen LogP contribution < -0.4 is 27.0 Å². The average molecular weight is 1170 g/mol. The van der Waals surface area contributed by atoms with Crippen LogP contribution in [-0.4, -0.2) is 151 Å². The van der Waals surface area contributed by atoms with Gasteiger partial charge in [0.2, 0.25) is 41.4 Å². The number of carbonyl (C=O) groups excluding carboxylic acids is 9. The third kappa shape index (κ3) is 13.2. The number of piperidine rings is 2. The standard InChI is InChI=1S/C58H67F2N10O12P/c1-67-29-26-57(27-30-67,37-13-7-5-8-14-37)66-52(75)43(20-23-48(61)71)63-54(77)47-21-18-39-25-28-68(34-45(56(79)70(39)47)64-51(74)44-32-36-31-38(17-19-42(36)62-44)58(59,60)83(80,81)82)50(73)16-9-4-2-3-6-11-35-12-10-15-40-41(35)33-69(55(40)78)46-22-24-49(72)65-53(46)76/h5,7-8,10,12-15,17,19,31-32,39,43,45-47,62H,2-4,9,16,18,20-30,33-34H2,1H3,(H2,61,71)(H,63,77)(H,64,74)(H,66,75)(H,65,72,76)(H2,80,81,82)/t39-,43+,45+,46?,47+/m1/s1. The van der Waals surface area contributed by atoms with Crippen LogP contribution in [0.4, 0.5) is 8.78 Å². The van der Waals surface area contributed by atoms with Crippen LogP contribution in [0.15, 0.2) is 72.8 Å². The normalized spacial score (nSPS) is 21.4. The van der Waals surface area contributed by atoms with Gasteiger partial charge in [0.15, 0.2) is 0 Å². The summed E-state index contributed by atoms with van der Waals surface area (Å²) in [7, 11) is -3.95. The number of unbranched alkanes of at least 4 members (excludes halogenated alkanes) is 3. The number of aromatic nitrogens is 1. The van der Waals surface area contributed by atoms with Crippen molar-refractivity contribution in [2.24, 2.45) is 5.73 Å². The summed E-state index contributed by atoms with van der Waals surface area (Å²) in [6, 6.07) is 13.4. The molecule has 3 aromatic carbocycles. The van der Waals surface area contributed by atoms with Crippen LogP contribution in [0.1, 0.15) is 133 Å². The molecule has 22 nitrogen and oxygen atoms in total. The van der Waals surface area contributed by atoms with E-state index in [1.54, 1.807) is 18.2 Å². The molecule has 83 heavy (non-hydrogen) atoms. The van der Waals surface area contributed by atoms with E-state index in [0.717, 1.165) is 23.8 Å². The fourth-order valence-electron chi connectivity index (χ4n) is 11.9. The maximum atomic E-state index is 15.1. The monoisotopic (exact) mass is 1160 g/mol. The molecule has 0 bridgehead atoms. The minimum atomic E-state index is -5.93. The van der Waals surface area contributed by atoms with E-state index in [1.165, 1.54) is 20.8 Å². The van der Waals surface area contributed by atoms with Crippen LogP contribution in [0.25, 0.3) is 10.9 Å². The van der Waals surface area contributed by atoms with Gasteiger partial charge in [0.25, 0.3) is 11.8 Å². The number of hydrogen-bond donors (Lipinski definition) is 8. The van der Waals surface area contributed by atoms with Crippen molar-refractivity contribution in [1.29, 1.82) is 0 Å². The summed E-state index contributed by atoms with van der Waals surface area (Å²) in [5.41, 5.74) is 1.87. The Morgan fingerprint density at radius 2 is 1.66 bits per heavy atom. The van der Waals surface area contributed by atoms with Gasteiger partial charge in [0.05, 0.1) is 5.54 Å². The molecule has 1 aromatic heterocycles. The fourth-order valence-corrected chi connectivity index (χ4v) is 12.4. The molecule has 4 fully saturated rings. The van der Waals surface area contributed by atoms with E-state index in [4.69, 9.17) is 5.73 Å². The minimum Gasteiger partial charge on any atom is -0.370 e. The van der Waals surface area contributed by atoms with Gasteiger partial charge in [-0.05, 0) is 106 Å². The topological polar surface area (TPSA) is 314 Å². The SMILES string of the molecule is CN1CCC(NC(=O)[C@H](CCC(N)=O)NC(=O)[C@@H]2CC[C@@H]3CCN(C(=O)CCCCCC#Cc4cccc5c4CN(C4CCC(=O)NC4=O)C5=O)C[C@H](NC(=O)c4cc5cc(C(F)(F)P(=O)(O)O)ccc5[nH]4)C(=O)N32)(c2ccccc2)CC1.